The number of morpholine rings is 1. The lowest BCUT2D eigenvalue weighted by atomic mass is 10.1. The molecule has 134 valence electrons. The molecule has 3 rings (SSSR count). The van der Waals surface area contributed by atoms with E-state index >= 15 is 0 Å². The molecular formula is C18H23N3O4. The Balaban J connectivity index is 1.78. The maximum atomic E-state index is 12.3. The fraction of sp³-hybridized carbons (Fsp3) is 0.444. The summed E-state index contributed by atoms with van der Waals surface area (Å²) in [6, 6.07) is 7.83. The van der Waals surface area contributed by atoms with Crippen molar-refractivity contribution in [1.29, 1.82) is 0 Å². The third-order valence-electron chi connectivity index (χ3n) is 4.53. The minimum absolute atomic E-state index is 0.0692. The SMILES string of the molecule is COc1cccc([C@H]2CN(Cc3cn(C)c(=O)n(C)c3=O)CCO2)c1. The molecule has 0 saturated carbocycles. The first-order valence-corrected chi connectivity index (χ1v) is 8.23. The Labute approximate surface area is 146 Å². The van der Waals surface area contributed by atoms with Crippen LogP contribution in [0.25, 0.3) is 0 Å². The molecular weight excluding hydrogens is 322 g/mol. The Bertz CT molecular complexity index is 871. The van der Waals surface area contributed by atoms with E-state index in [1.54, 1.807) is 20.4 Å². The van der Waals surface area contributed by atoms with E-state index in [-0.39, 0.29) is 17.4 Å². The first kappa shape index (κ1) is 17.4. The van der Waals surface area contributed by atoms with Gasteiger partial charge in [-0.05, 0) is 17.7 Å². The van der Waals surface area contributed by atoms with Gasteiger partial charge in [0.15, 0.2) is 0 Å². The van der Waals surface area contributed by atoms with Crippen molar-refractivity contribution in [3.05, 3.63) is 62.4 Å². The van der Waals surface area contributed by atoms with Gasteiger partial charge in [0, 0.05) is 45.5 Å². The van der Waals surface area contributed by atoms with Gasteiger partial charge in [0.05, 0.1) is 19.8 Å². The lowest BCUT2D eigenvalue weighted by Gasteiger charge is -2.33. The first-order valence-electron chi connectivity index (χ1n) is 8.23. The number of methoxy groups -OCH3 is 1. The second kappa shape index (κ2) is 7.25. The molecule has 1 aliphatic heterocycles. The van der Waals surface area contributed by atoms with Crippen molar-refractivity contribution in [2.24, 2.45) is 14.1 Å². The summed E-state index contributed by atoms with van der Waals surface area (Å²) in [6.07, 6.45) is 1.56. The zero-order chi connectivity index (χ0) is 18.0. The highest BCUT2D eigenvalue weighted by molar-refractivity contribution is 5.30. The number of ether oxygens (including phenoxy) is 2. The molecule has 25 heavy (non-hydrogen) atoms. The van der Waals surface area contributed by atoms with Gasteiger partial charge < -0.3 is 14.0 Å². The monoisotopic (exact) mass is 345 g/mol. The van der Waals surface area contributed by atoms with Crippen LogP contribution >= 0.6 is 0 Å². The van der Waals surface area contributed by atoms with Crippen LogP contribution in [0.2, 0.25) is 0 Å². The molecule has 1 aliphatic rings. The maximum Gasteiger partial charge on any atom is 0.330 e. The van der Waals surface area contributed by atoms with Gasteiger partial charge in [-0.25, -0.2) is 4.79 Å². The molecule has 1 saturated heterocycles. The molecule has 0 unspecified atom stereocenters. The summed E-state index contributed by atoms with van der Waals surface area (Å²) >= 11 is 0. The molecule has 0 N–H and O–H groups in total. The Morgan fingerprint density at radius 1 is 1.28 bits per heavy atom. The molecule has 1 aromatic heterocycles. The molecule has 1 aromatic carbocycles. The normalized spacial score (nSPS) is 18.3. The highest BCUT2D eigenvalue weighted by Gasteiger charge is 2.23. The van der Waals surface area contributed by atoms with E-state index in [4.69, 9.17) is 9.47 Å². The average molecular weight is 345 g/mol. The molecule has 2 aromatic rings. The molecule has 0 amide bonds. The van der Waals surface area contributed by atoms with E-state index in [1.807, 2.05) is 24.3 Å². The van der Waals surface area contributed by atoms with Crippen molar-refractivity contribution >= 4 is 0 Å². The second-order valence-corrected chi connectivity index (χ2v) is 6.28. The standard InChI is InChI=1S/C18H23N3O4/c1-19-10-14(17(22)20(2)18(19)23)11-21-7-8-25-16(12-21)13-5-4-6-15(9-13)24-3/h4-6,9-10,16H,7-8,11-12H2,1-3H3/t16-/m1/s1. The number of hydrogen-bond acceptors (Lipinski definition) is 5. The highest BCUT2D eigenvalue weighted by atomic mass is 16.5. The van der Waals surface area contributed by atoms with Crippen LogP contribution in [-0.4, -0.2) is 40.8 Å². The van der Waals surface area contributed by atoms with Crippen LogP contribution in [0.1, 0.15) is 17.2 Å². The van der Waals surface area contributed by atoms with Crippen LogP contribution in [-0.2, 0) is 25.4 Å². The van der Waals surface area contributed by atoms with Crippen LogP contribution in [0.4, 0.5) is 0 Å². The molecule has 0 spiro atoms. The van der Waals surface area contributed by atoms with Crippen LogP contribution in [0, 0.1) is 0 Å². The zero-order valence-electron chi connectivity index (χ0n) is 14.8. The van der Waals surface area contributed by atoms with E-state index in [2.05, 4.69) is 4.90 Å². The summed E-state index contributed by atoms with van der Waals surface area (Å²) in [5, 5.41) is 0. The summed E-state index contributed by atoms with van der Waals surface area (Å²) in [5.74, 6) is 0.796. The Morgan fingerprint density at radius 3 is 2.84 bits per heavy atom. The van der Waals surface area contributed by atoms with Crippen LogP contribution < -0.4 is 16.0 Å². The molecule has 7 heteroatoms. The predicted octanol–water partition coefficient (Wildman–Crippen LogP) is 0.666. The van der Waals surface area contributed by atoms with E-state index in [0.717, 1.165) is 22.4 Å². The van der Waals surface area contributed by atoms with E-state index < -0.39 is 0 Å². The number of aromatic nitrogens is 2. The van der Waals surface area contributed by atoms with Gasteiger partial charge in [-0.3, -0.25) is 14.3 Å². The highest BCUT2D eigenvalue weighted by Crippen LogP contribution is 2.25. The predicted molar refractivity (Wildman–Crippen MR) is 93.9 cm³/mol. The largest absolute Gasteiger partial charge is 0.497 e. The molecule has 1 atom stereocenters. The number of rotatable bonds is 4. The first-order chi connectivity index (χ1) is 12.0. The Kier molecular flexibility index (Phi) is 5.06. The molecule has 2 heterocycles. The zero-order valence-corrected chi connectivity index (χ0v) is 14.8. The van der Waals surface area contributed by atoms with Crippen molar-refractivity contribution in [3.8, 4) is 5.75 Å². The van der Waals surface area contributed by atoms with Crippen molar-refractivity contribution < 1.29 is 9.47 Å². The number of benzene rings is 1. The van der Waals surface area contributed by atoms with Gasteiger partial charge in [0.1, 0.15) is 5.75 Å². The summed E-state index contributed by atoms with van der Waals surface area (Å²) in [5.41, 5.74) is 1.10. The van der Waals surface area contributed by atoms with Crippen molar-refractivity contribution in [2.45, 2.75) is 12.6 Å². The number of aryl methyl sites for hydroxylation is 1. The van der Waals surface area contributed by atoms with Gasteiger partial charge in [0.25, 0.3) is 5.56 Å². The topological polar surface area (TPSA) is 65.7 Å². The van der Waals surface area contributed by atoms with E-state index in [0.29, 0.717) is 25.3 Å². The third kappa shape index (κ3) is 3.67. The fourth-order valence-corrected chi connectivity index (χ4v) is 3.12. The summed E-state index contributed by atoms with van der Waals surface area (Å²) in [7, 11) is 4.80. The van der Waals surface area contributed by atoms with Crippen molar-refractivity contribution in [2.75, 3.05) is 26.8 Å². The average Bonchev–Trinajstić information content (AvgIpc) is 2.64. The smallest absolute Gasteiger partial charge is 0.330 e. The maximum absolute atomic E-state index is 12.3. The van der Waals surface area contributed by atoms with Crippen molar-refractivity contribution in [1.82, 2.24) is 14.0 Å². The lowest BCUT2D eigenvalue weighted by Crippen LogP contribution is -2.42. The number of nitrogens with zero attached hydrogens (tertiary/aromatic N) is 3. The quantitative estimate of drug-likeness (QED) is 0.815. The third-order valence-corrected chi connectivity index (χ3v) is 4.53. The summed E-state index contributed by atoms with van der Waals surface area (Å²) < 4.78 is 13.8. The second-order valence-electron chi connectivity index (χ2n) is 6.28. The van der Waals surface area contributed by atoms with Crippen molar-refractivity contribution in [3.63, 3.8) is 0 Å². The number of hydrogen-bond donors (Lipinski definition) is 0. The van der Waals surface area contributed by atoms with E-state index in [1.165, 1.54) is 11.6 Å². The minimum atomic E-state index is -0.315. The van der Waals surface area contributed by atoms with Gasteiger partial charge in [-0.2, -0.15) is 0 Å². The fourth-order valence-electron chi connectivity index (χ4n) is 3.12. The van der Waals surface area contributed by atoms with Gasteiger partial charge >= 0.3 is 5.69 Å². The molecule has 1 fully saturated rings. The molecule has 7 nitrogen and oxygen atoms in total. The van der Waals surface area contributed by atoms with Gasteiger partial charge in [-0.15, -0.1) is 0 Å². The Morgan fingerprint density at radius 2 is 2.08 bits per heavy atom. The van der Waals surface area contributed by atoms with Gasteiger partial charge in [-0.1, -0.05) is 12.1 Å². The van der Waals surface area contributed by atoms with E-state index in [9.17, 15) is 9.59 Å². The van der Waals surface area contributed by atoms with Crippen LogP contribution in [0.5, 0.6) is 5.75 Å². The minimum Gasteiger partial charge on any atom is -0.497 e. The molecule has 0 bridgehead atoms. The van der Waals surface area contributed by atoms with Crippen LogP contribution in [0.3, 0.4) is 0 Å². The Hall–Kier alpha value is -2.38. The molecule has 0 aliphatic carbocycles. The molecule has 0 radical (unpaired) electrons. The van der Waals surface area contributed by atoms with Crippen LogP contribution in [0.15, 0.2) is 40.1 Å². The summed E-state index contributed by atoms with van der Waals surface area (Å²) in [6.45, 7) is 2.50. The van der Waals surface area contributed by atoms with Gasteiger partial charge in [0.2, 0.25) is 0 Å². The lowest BCUT2D eigenvalue weighted by molar-refractivity contribution is -0.0332. The summed E-state index contributed by atoms with van der Waals surface area (Å²) in [4.78, 5) is 26.3.